The number of carbonyl (C=O) groups excluding carboxylic acids is 1. The zero-order valence-electron chi connectivity index (χ0n) is 15.4. The highest BCUT2D eigenvalue weighted by atomic mass is 16.1. The van der Waals surface area contributed by atoms with Crippen molar-refractivity contribution in [3.8, 4) is 0 Å². The first-order valence-corrected chi connectivity index (χ1v) is 9.01. The smallest absolute Gasteiger partial charge is 0.261 e. The zero-order chi connectivity index (χ0) is 18.3. The predicted molar refractivity (Wildman–Crippen MR) is 103 cm³/mol. The fraction of sp³-hybridized carbons (Fsp3) is 0.421. The predicted octanol–water partition coefficient (Wildman–Crippen LogP) is 2.91. The van der Waals surface area contributed by atoms with E-state index in [1.54, 1.807) is 6.20 Å². The molecule has 7 nitrogen and oxygen atoms in total. The van der Waals surface area contributed by atoms with Gasteiger partial charge in [0.15, 0.2) is 0 Å². The number of amides is 1. The van der Waals surface area contributed by atoms with E-state index < -0.39 is 0 Å². The van der Waals surface area contributed by atoms with E-state index in [9.17, 15) is 4.79 Å². The molecule has 4 rings (SSSR count). The molecule has 0 bridgehead atoms. The van der Waals surface area contributed by atoms with Crippen LogP contribution in [0.25, 0.3) is 0 Å². The van der Waals surface area contributed by atoms with E-state index in [1.807, 2.05) is 19.1 Å². The number of nitrogens with zero attached hydrogens (tertiary/aromatic N) is 3. The summed E-state index contributed by atoms with van der Waals surface area (Å²) in [6.45, 7) is 6.21. The van der Waals surface area contributed by atoms with E-state index in [4.69, 9.17) is 0 Å². The van der Waals surface area contributed by atoms with Gasteiger partial charge < -0.3 is 20.9 Å². The second-order valence-corrected chi connectivity index (χ2v) is 7.24. The highest BCUT2D eigenvalue weighted by Gasteiger charge is 2.23. The number of hydrogen-bond donors (Lipinski definition) is 3. The van der Waals surface area contributed by atoms with E-state index in [0.29, 0.717) is 23.4 Å². The number of anilines is 4. The van der Waals surface area contributed by atoms with Gasteiger partial charge in [0.2, 0.25) is 5.95 Å². The van der Waals surface area contributed by atoms with Crippen molar-refractivity contribution in [3.63, 3.8) is 0 Å². The Labute approximate surface area is 153 Å². The fourth-order valence-corrected chi connectivity index (χ4v) is 3.39. The number of aryl methyl sites for hydroxylation is 2. The summed E-state index contributed by atoms with van der Waals surface area (Å²) in [5.41, 5.74) is 4.36. The number of benzene rings is 1. The number of fused-ring (bicyclic) bond motifs is 2. The van der Waals surface area contributed by atoms with Crippen LogP contribution in [0.2, 0.25) is 0 Å². The lowest BCUT2D eigenvalue weighted by molar-refractivity contribution is 0.102. The number of nitrogens with one attached hydrogen (secondary N) is 3. The number of hydrogen-bond acceptors (Lipinski definition) is 6. The lowest BCUT2D eigenvalue weighted by Crippen LogP contribution is -2.37. The maximum atomic E-state index is 12.5. The van der Waals surface area contributed by atoms with Gasteiger partial charge in [-0.15, -0.1) is 0 Å². The molecule has 0 atom stereocenters. The summed E-state index contributed by atoms with van der Waals surface area (Å²) in [5, 5.41) is 9.66. The van der Waals surface area contributed by atoms with E-state index in [0.717, 1.165) is 48.4 Å². The van der Waals surface area contributed by atoms with Crippen LogP contribution >= 0.6 is 0 Å². The van der Waals surface area contributed by atoms with Gasteiger partial charge in [-0.25, -0.2) is 4.98 Å². The minimum Gasteiger partial charge on any atom is -0.351 e. The Kier molecular flexibility index (Phi) is 4.24. The first-order chi connectivity index (χ1) is 12.5. The second-order valence-electron chi connectivity index (χ2n) is 7.24. The molecule has 7 heteroatoms. The summed E-state index contributed by atoms with van der Waals surface area (Å²) in [6, 6.07) is 4.37. The summed E-state index contributed by atoms with van der Waals surface area (Å²) < 4.78 is 0. The summed E-state index contributed by atoms with van der Waals surface area (Å²) in [7, 11) is 2.14. The monoisotopic (exact) mass is 352 g/mol. The van der Waals surface area contributed by atoms with E-state index in [-0.39, 0.29) is 5.91 Å². The number of carbonyl (C=O) groups is 1. The topological polar surface area (TPSA) is 82.2 Å². The van der Waals surface area contributed by atoms with Crippen molar-refractivity contribution in [3.05, 3.63) is 35.0 Å². The Morgan fingerprint density at radius 2 is 1.77 bits per heavy atom. The Morgan fingerprint density at radius 1 is 1.12 bits per heavy atom. The highest BCUT2D eigenvalue weighted by molar-refractivity contribution is 6.11. The van der Waals surface area contributed by atoms with Gasteiger partial charge in [0, 0.05) is 12.2 Å². The van der Waals surface area contributed by atoms with Crippen LogP contribution in [-0.4, -0.2) is 47.0 Å². The SMILES string of the molecule is Cc1cc2c(cc1C)Nc1nc(NC3CCN(C)CC3)ncc1C(=O)N2. The van der Waals surface area contributed by atoms with Crippen LogP contribution in [0.15, 0.2) is 18.3 Å². The summed E-state index contributed by atoms with van der Waals surface area (Å²) in [6.07, 6.45) is 3.71. The molecule has 0 radical (unpaired) electrons. The quantitative estimate of drug-likeness (QED) is 0.771. The Balaban J connectivity index is 1.61. The maximum Gasteiger partial charge on any atom is 0.261 e. The Morgan fingerprint density at radius 3 is 2.46 bits per heavy atom. The third kappa shape index (κ3) is 3.22. The normalized spacial score (nSPS) is 17.6. The molecule has 1 fully saturated rings. The average Bonchev–Trinajstić information content (AvgIpc) is 2.73. The summed E-state index contributed by atoms with van der Waals surface area (Å²) in [5.74, 6) is 0.904. The minimum atomic E-state index is -0.194. The molecule has 0 spiro atoms. The van der Waals surface area contributed by atoms with Crippen LogP contribution in [0.4, 0.5) is 23.1 Å². The molecule has 2 aliphatic rings. The van der Waals surface area contributed by atoms with Gasteiger partial charge in [-0.2, -0.15) is 4.98 Å². The van der Waals surface area contributed by atoms with Crippen LogP contribution in [-0.2, 0) is 0 Å². The Hall–Kier alpha value is -2.67. The van der Waals surface area contributed by atoms with Gasteiger partial charge in [-0.1, -0.05) is 0 Å². The van der Waals surface area contributed by atoms with Crippen LogP contribution < -0.4 is 16.0 Å². The van der Waals surface area contributed by atoms with E-state index in [2.05, 4.69) is 44.8 Å². The molecule has 1 aromatic carbocycles. The third-order valence-electron chi connectivity index (χ3n) is 5.22. The molecule has 3 heterocycles. The van der Waals surface area contributed by atoms with Gasteiger partial charge in [-0.3, -0.25) is 4.79 Å². The number of rotatable bonds is 2. The van der Waals surface area contributed by atoms with Crippen molar-refractivity contribution in [2.24, 2.45) is 0 Å². The van der Waals surface area contributed by atoms with E-state index >= 15 is 0 Å². The molecule has 1 aromatic heterocycles. The summed E-state index contributed by atoms with van der Waals surface area (Å²) in [4.78, 5) is 23.8. The standard InChI is InChI=1S/C19H24N6O/c1-11-8-15-16(9-12(11)2)23-18(26)14-10-20-19(24-17(14)22-15)21-13-4-6-25(3)7-5-13/h8-10,13H,4-7H2,1-3H3,(H,23,26)(H2,20,21,22,24). The highest BCUT2D eigenvalue weighted by Crippen LogP contribution is 2.33. The average molecular weight is 352 g/mol. The van der Waals surface area contributed by atoms with Crippen LogP contribution in [0.1, 0.15) is 34.3 Å². The maximum absolute atomic E-state index is 12.5. The third-order valence-corrected chi connectivity index (χ3v) is 5.22. The molecule has 2 aliphatic heterocycles. The number of aromatic nitrogens is 2. The Bertz CT molecular complexity index is 857. The molecular weight excluding hydrogens is 328 g/mol. The van der Waals surface area contributed by atoms with Crippen molar-refractivity contribution in [1.82, 2.24) is 14.9 Å². The van der Waals surface area contributed by atoms with Crippen molar-refractivity contribution in [2.75, 3.05) is 36.1 Å². The molecular formula is C19H24N6O. The first-order valence-electron chi connectivity index (χ1n) is 9.01. The molecule has 0 saturated carbocycles. The van der Waals surface area contributed by atoms with Gasteiger partial charge in [0.1, 0.15) is 11.4 Å². The zero-order valence-corrected chi connectivity index (χ0v) is 15.4. The molecule has 1 saturated heterocycles. The van der Waals surface area contributed by atoms with Crippen molar-refractivity contribution in [2.45, 2.75) is 32.7 Å². The van der Waals surface area contributed by atoms with Crippen LogP contribution in [0.5, 0.6) is 0 Å². The number of piperidine rings is 1. The van der Waals surface area contributed by atoms with Crippen LogP contribution in [0.3, 0.4) is 0 Å². The molecule has 3 N–H and O–H groups in total. The molecule has 0 aliphatic carbocycles. The van der Waals surface area contributed by atoms with Crippen molar-refractivity contribution < 1.29 is 4.79 Å². The van der Waals surface area contributed by atoms with Gasteiger partial charge >= 0.3 is 0 Å². The molecule has 2 aromatic rings. The minimum absolute atomic E-state index is 0.194. The second kappa shape index (κ2) is 6.57. The van der Waals surface area contributed by atoms with Gasteiger partial charge in [-0.05, 0) is 70.1 Å². The van der Waals surface area contributed by atoms with Crippen LogP contribution in [0, 0.1) is 13.8 Å². The molecule has 136 valence electrons. The largest absolute Gasteiger partial charge is 0.351 e. The van der Waals surface area contributed by atoms with Crippen molar-refractivity contribution >= 4 is 29.0 Å². The number of likely N-dealkylation sites (tertiary alicyclic amines) is 1. The molecule has 0 unspecified atom stereocenters. The van der Waals surface area contributed by atoms with Gasteiger partial charge in [0.25, 0.3) is 5.91 Å². The molecule has 1 amide bonds. The summed E-state index contributed by atoms with van der Waals surface area (Å²) >= 11 is 0. The molecule has 26 heavy (non-hydrogen) atoms. The lowest BCUT2D eigenvalue weighted by atomic mass is 10.1. The van der Waals surface area contributed by atoms with E-state index in [1.165, 1.54) is 0 Å². The van der Waals surface area contributed by atoms with Crippen molar-refractivity contribution in [1.29, 1.82) is 0 Å². The fourth-order valence-electron chi connectivity index (χ4n) is 3.39. The lowest BCUT2D eigenvalue weighted by Gasteiger charge is -2.29. The first kappa shape index (κ1) is 16.8. The van der Waals surface area contributed by atoms with Gasteiger partial charge in [0.05, 0.1) is 11.4 Å².